The summed E-state index contributed by atoms with van der Waals surface area (Å²) in [4.78, 5) is 27.3. The van der Waals surface area contributed by atoms with Gasteiger partial charge in [-0.3, -0.25) is 9.59 Å². The molecule has 1 aromatic heterocycles. The topological polar surface area (TPSA) is 92.2 Å². The van der Waals surface area contributed by atoms with Crippen molar-refractivity contribution < 1.29 is 14.3 Å². The number of H-pyrrole nitrogens is 1. The molecule has 0 saturated carbocycles. The Balaban J connectivity index is 1.93. The summed E-state index contributed by atoms with van der Waals surface area (Å²) in [5, 5.41) is 9.17. The number of benzene rings is 2. The number of Topliss-reactive ketones (excluding diaryl/α,β-unsaturated/α-hetero) is 1. The Morgan fingerprint density at radius 1 is 1.24 bits per heavy atom. The van der Waals surface area contributed by atoms with E-state index in [-0.39, 0.29) is 17.9 Å². The van der Waals surface area contributed by atoms with Gasteiger partial charge in [0, 0.05) is 16.7 Å². The maximum Gasteiger partial charge on any atom is 0.266 e. The lowest BCUT2D eigenvalue weighted by molar-refractivity contribution is 0.106. The van der Waals surface area contributed by atoms with E-state index in [2.05, 4.69) is 4.98 Å². The summed E-state index contributed by atoms with van der Waals surface area (Å²) >= 11 is 7.00. The minimum absolute atomic E-state index is 0.0924. The summed E-state index contributed by atoms with van der Waals surface area (Å²) in [7, 11) is 1.49. The highest BCUT2D eigenvalue weighted by Crippen LogP contribution is 2.28. The van der Waals surface area contributed by atoms with Gasteiger partial charge in [0.1, 0.15) is 6.07 Å². The molecule has 0 spiro atoms. The van der Waals surface area contributed by atoms with E-state index in [0.717, 1.165) is 0 Å². The molecule has 8 heteroatoms. The predicted molar refractivity (Wildman–Crippen MR) is 112 cm³/mol. The zero-order valence-corrected chi connectivity index (χ0v) is 16.8. The Morgan fingerprint density at radius 2 is 2.00 bits per heavy atom. The van der Waals surface area contributed by atoms with E-state index < -0.39 is 0 Å². The van der Waals surface area contributed by atoms with Crippen LogP contribution in [0.2, 0.25) is 5.02 Å². The van der Waals surface area contributed by atoms with Crippen LogP contribution in [0.3, 0.4) is 0 Å². The normalized spacial score (nSPS) is 11.9. The zero-order chi connectivity index (χ0) is 20.8. The molecule has 2 aromatic carbocycles. The van der Waals surface area contributed by atoms with E-state index in [1.807, 2.05) is 6.07 Å². The van der Waals surface area contributed by atoms with Crippen LogP contribution in [0.25, 0.3) is 12.2 Å². The largest absolute Gasteiger partial charge is 0.493 e. The number of methoxy groups -OCH3 is 1. The zero-order valence-electron chi connectivity index (χ0n) is 15.3. The second kappa shape index (κ2) is 9.24. The van der Waals surface area contributed by atoms with Crippen LogP contribution in [0.15, 0.2) is 47.3 Å². The summed E-state index contributed by atoms with van der Waals surface area (Å²) in [6.45, 7) is -0.0924. The molecule has 29 heavy (non-hydrogen) atoms. The fourth-order valence-electron chi connectivity index (χ4n) is 2.50. The quantitative estimate of drug-likeness (QED) is 0.611. The van der Waals surface area contributed by atoms with Gasteiger partial charge in [0.25, 0.3) is 5.56 Å². The van der Waals surface area contributed by atoms with Crippen molar-refractivity contribution in [3.8, 4) is 17.6 Å². The van der Waals surface area contributed by atoms with Gasteiger partial charge in [-0.2, -0.15) is 5.26 Å². The fourth-order valence-corrected chi connectivity index (χ4v) is 3.51. The number of ketones is 1. The van der Waals surface area contributed by atoms with E-state index >= 15 is 0 Å². The predicted octanol–water partition coefficient (Wildman–Crippen LogP) is 2.49. The summed E-state index contributed by atoms with van der Waals surface area (Å²) in [5.41, 5.74) is 0.898. The number of carbonyl (C=O) groups is 1. The number of hydrogen-bond donors (Lipinski definition) is 1. The molecule has 0 fully saturated rings. The lowest BCUT2D eigenvalue weighted by Crippen LogP contribution is -2.20. The number of halogens is 1. The highest BCUT2D eigenvalue weighted by molar-refractivity contribution is 7.07. The molecule has 1 N–H and O–H groups in total. The molecule has 0 radical (unpaired) electrons. The van der Waals surface area contributed by atoms with Gasteiger partial charge >= 0.3 is 0 Å². The Morgan fingerprint density at radius 3 is 2.69 bits per heavy atom. The summed E-state index contributed by atoms with van der Waals surface area (Å²) in [6.07, 6.45) is 3.07. The van der Waals surface area contributed by atoms with E-state index in [1.165, 1.54) is 24.5 Å². The van der Waals surface area contributed by atoms with Crippen molar-refractivity contribution in [3.63, 3.8) is 0 Å². The van der Waals surface area contributed by atoms with Gasteiger partial charge in [0.15, 0.2) is 23.9 Å². The molecule has 0 aliphatic rings. The minimum Gasteiger partial charge on any atom is -0.493 e. The monoisotopic (exact) mass is 426 g/mol. The number of thiazole rings is 1. The second-order valence-corrected chi connectivity index (χ2v) is 7.32. The van der Waals surface area contributed by atoms with Crippen molar-refractivity contribution in [1.82, 2.24) is 4.98 Å². The number of aromatic amines is 1. The van der Waals surface area contributed by atoms with Crippen LogP contribution in [0.1, 0.15) is 15.9 Å². The van der Waals surface area contributed by atoms with Gasteiger partial charge in [-0.1, -0.05) is 17.7 Å². The third-order valence-electron chi connectivity index (χ3n) is 3.85. The van der Waals surface area contributed by atoms with E-state index in [0.29, 0.717) is 36.8 Å². The Kier molecular flexibility index (Phi) is 6.50. The first-order valence-corrected chi connectivity index (χ1v) is 9.60. The molecule has 3 rings (SSSR count). The molecular weight excluding hydrogens is 412 g/mol. The first kappa shape index (κ1) is 20.4. The third-order valence-corrected chi connectivity index (χ3v) is 5.06. The number of nitriles is 1. The van der Waals surface area contributed by atoms with Crippen LogP contribution in [-0.4, -0.2) is 24.5 Å². The number of hydrogen-bond acceptors (Lipinski definition) is 6. The third kappa shape index (κ3) is 5.13. The average molecular weight is 427 g/mol. The van der Waals surface area contributed by atoms with Crippen molar-refractivity contribution in [2.45, 2.75) is 0 Å². The molecule has 0 bridgehead atoms. The summed E-state index contributed by atoms with van der Waals surface area (Å²) in [5.74, 6) is 0.659. The number of nitrogens with one attached hydrogen (secondary N) is 1. The van der Waals surface area contributed by atoms with Gasteiger partial charge in [0.05, 0.1) is 16.3 Å². The molecule has 0 atom stereocenters. The van der Waals surface area contributed by atoms with Crippen molar-refractivity contribution in [2.24, 2.45) is 0 Å². The number of nitrogens with zero attached hydrogens (tertiary/aromatic N) is 1. The highest BCUT2D eigenvalue weighted by atomic mass is 35.5. The minimum atomic E-state index is -0.297. The van der Waals surface area contributed by atoms with Crippen LogP contribution in [0.5, 0.6) is 11.5 Å². The number of ether oxygens (including phenoxy) is 2. The SMILES string of the molecule is COc1cc(/C=c2\s/c(=C\C(=O)c3ccc(Cl)cc3)[nH]c2=O)ccc1OCC#N. The van der Waals surface area contributed by atoms with Crippen LogP contribution >= 0.6 is 22.9 Å². The van der Waals surface area contributed by atoms with Gasteiger partial charge < -0.3 is 14.5 Å². The maximum atomic E-state index is 12.3. The molecule has 1 heterocycles. The molecule has 0 amide bonds. The molecule has 6 nitrogen and oxygen atoms in total. The van der Waals surface area contributed by atoms with E-state index in [4.69, 9.17) is 26.3 Å². The van der Waals surface area contributed by atoms with Crippen LogP contribution in [0.4, 0.5) is 0 Å². The van der Waals surface area contributed by atoms with Gasteiger partial charge in [-0.25, -0.2) is 0 Å². The maximum absolute atomic E-state index is 12.3. The number of carbonyl (C=O) groups excluding carboxylic acids is 1. The van der Waals surface area contributed by atoms with Gasteiger partial charge in [-0.05, 0) is 48.0 Å². The van der Waals surface area contributed by atoms with Crippen LogP contribution in [-0.2, 0) is 0 Å². The molecule has 0 saturated heterocycles. The summed E-state index contributed by atoms with van der Waals surface area (Å²) < 4.78 is 11.4. The lowest BCUT2D eigenvalue weighted by Gasteiger charge is -2.08. The first-order valence-electron chi connectivity index (χ1n) is 8.40. The number of rotatable bonds is 6. The average Bonchev–Trinajstić information content (AvgIpc) is 3.05. The highest BCUT2D eigenvalue weighted by Gasteiger charge is 2.06. The molecule has 0 unspecified atom stereocenters. The van der Waals surface area contributed by atoms with Gasteiger partial charge in [-0.15, -0.1) is 11.3 Å². The van der Waals surface area contributed by atoms with E-state index in [9.17, 15) is 9.59 Å². The molecule has 0 aliphatic carbocycles. The second-order valence-electron chi connectivity index (χ2n) is 5.80. The molecule has 146 valence electrons. The van der Waals surface area contributed by atoms with Crippen molar-refractivity contribution in [1.29, 1.82) is 5.26 Å². The van der Waals surface area contributed by atoms with Gasteiger partial charge in [0.2, 0.25) is 0 Å². The van der Waals surface area contributed by atoms with Crippen LogP contribution < -0.4 is 24.2 Å². The van der Waals surface area contributed by atoms with Crippen molar-refractivity contribution in [3.05, 3.63) is 78.2 Å². The molecule has 3 aromatic rings. The Bertz CT molecular complexity index is 1250. The first-order chi connectivity index (χ1) is 14.0. The fraction of sp³-hybridized carbons (Fsp3) is 0.0952. The van der Waals surface area contributed by atoms with E-state index in [1.54, 1.807) is 48.5 Å². The van der Waals surface area contributed by atoms with Crippen molar-refractivity contribution in [2.75, 3.05) is 13.7 Å². The smallest absolute Gasteiger partial charge is 0.266 e. The standard InChI is InChI=1S/C21H15ClN2O4S/c1-27-18-10-13(2-7-17(18)28-9-8-23)11-19-21(26)24-20(29-19)12-16(25)14-3-5-15(22)6-4-14/h2-7,10-12H,9H2,1H3,(H,24,26)/b19-11-,20-12-. The summed E-state index contributed by atoms with van der Waals surface area (Å²) in [6, 6.07) is 13.5. The molecule has 0 aliphatic heterocycles. The van der Waals surface area contributed by atoms with Crippen molar-refractivity contribution >= 4 is 40.9 Å². The van der Waals surface area contributed by atoms with Crippen LogP contribution in [0, 0.1) is 11.3 Å². The Hall–Kier alpha value is -3.34. The number of aromatic nitrogens is 1. The molecular formula is C21H15ClN2O4S. The Labute approximate surface area is 174 Å². The lowest BCUT2D eigenvalue weighted by atomic mass is 10.1.